The largest absolute Gasteiger partial charge is 0.481 e. The normalized spacial score (nSPS) is 15.4. The highest BCUT2D eigenvalue weighted by atomic mass is 16.6. The first-order valence-corrected chi connectivity index (χ1v) is 8.26. The molecule has 0 aromatic carbocycles. The molecule has 1 amide bonds. The Labute approximate surface area is 148 Å². The van der Waals surface area contributed by atoms with E-state index in [2.05, 4.69) is 20.6 Å². The lowest BCUT2D eigenvalue weighted by molar-refractivity contribution is 0.00701. The molecule has 0 spiro atoms. The van der Waals surface area contributed by atoms with E-state index in [1.807, 2.05) is 32.9 Å². The second kappa shape index (κ2) is 8.04. The number of aromatic nitrogens is 1. The average Bonchev–Trinajstić information content (AvgIpc) is 2.51. The Bertz CT molecular complexity index is 621. The molecule has 25 heavy (non-hydrogen) atoms. The summed E-state index contributed by atoms with van der Waals surface area (Å²) >= 11 is 0. The molecule has 1 aliphatic heterocycles. The van der Waals surface area contributed by atoms with Gasteiger partial charge in [0.25, 0.3) is 0 Å². The molecular weight excluding hydrogens is 322 g/mol. The van der Waals surface area contributed by atoms with E-state index in [4.69, 9.17) is 9.47 Å². The van der Waals surface area contributed by atoms with Gasteiger partial charge < -0.3 is 25.0 Å². The zero-order chi connectivity index (χ0) is 18.4. The fraction of sp³-hybridized carbons (Fsp3) is 0.588. The third-order valence-electron chi connectivity index (χ3n) is 3.52. The van der Waals surface area contributed by atoms with E-state index >= 15 is 0 Å². The Morgan fingerprint density at radius 3 is 2.72 bits per heavy atom. The minimum atomic E-state index is -0.475. The van der Waals surface area contributed by atoms with Crippen molar-refractivity contribution in [2.45, 2.75) is 39.0 Å². The van der Waals surface area contributed by atoms with Gasteiger partial charge in [-0.2, -0.15) is 0 Å². The van der Waals surface area contributed by atoms with Crippen molar-refractivity contribution in [3.05, 3.63) is 23.9 Å². The van der Waals surface area contributed by atoms with E-state index in [0.717, 1.165) is 5.69 Å². The van der Waals surface area contributed by atoms with Crippen molar-refractivity contribution in [3.63, 3.8) is 0 Å². The van der Waals surface area contributed by atoms with E-state index in [-0.39, 0.29) is 12.1 Å². The molecule has 0 radical (unpaired) electrons. The monoisotopic (exact) mass is 349 g/mol. The topological polar surface area (TPSA) is 88.1 Å². The summed E-state index contributed by atoms with van der Waals surface area (Å²) in [5.41, 5.74) is 0.378. The van der Waals surface area contributed by atoms with Crippen LogP contribution in [0.4, 0.5) is 4.79 Å². The van der Waals surface area contributed by atoms with E-state index in [0.29, 0.717) is 31.5 Å². The SMILES string of the molecule is CN=C(NCc1cccc(OC)n1)NC1CN(C(=O)OC(C)(C)C)C1. The number of hydrogen-bond donors (Lipinski definition) is 2. The van der Waals surface area contributed by atoms with Gasteiger partial charge in [-0.25, -0.2) is 9.78 Å². The van der Waals surface area contributed by atoms with Crippen LogP contribution in [-0.4, -0.2) is 60.8 Å². The quantitative estimate of drug-likeness (QED) is 0.631. The van der Waals surface area contributed by atoms with E-state index in [9.17, 15) is 4.79 Å². The van der Waals surface area contributed by atoms with Crippen LogP contribution >= 0.6 is 0 Å². The van der Waals surface area contributed by atoms with Crippen LogP contribution in [0, 0.1) is 0 Å². The summed E-state index contributed by atoms with van der Waals surface area (Å²) in [6.45, 7) is 7.29. The molecule has 0 unspecified atom stereocenters. The molecule has 8 heteroatoms. The first-order chi connectivity index (χ1) is 11.8. The first kappa shape index (κ1) is 18.8. The standard InChI is InChI=1S/C17H27N5O3/c1-17(2,3)25-16(23)22-10-13(11-22)21-15(18-4)19-9-12-7-6-8-14(20-12)24-5/h6-8,13H,9-11H2,1-5H3,(H2,18,19,21). The Morgan fingerprint density at radius 1 is 1.40 bits per heavy atom. The van der Waals surface area contributed by atoms with Crippen molar-refractivity contribution in [1.82, 2.24) is 20.5 Å². The van der Waals surface area contributed by atoms with Gasteiger partial charge in [-0.15, -0.1) is 0 Å². The van der Waals surface area contributed by atoms with Crippen LogP contribution in [0.15, 0.2) is 23.2 Å². The predicted octanol–water partition coefficient (Wildman–Crippen LogP) is 1.37. The molecule has 1 fully saturated rings. The number of carbonyl (C=O) groups is 1. The molecule has 8 nitrogen and oxygen atoms in total. The van der Waals surface area contributed by atoms with Crippen molar-refractivity contribution >= 4 is 12.1 Å². The van der Waals surface area contributed by atoms with Gasteiger partial charge >= 0.3 is 6.09 Å². The minimum Gasteiger partial charge on any atom is -0.481 e. The van der Waals surface area contributed by atoms with Crippen LogP contribution in [0.1, 0.15) is 26.5 Å². The zero-order valence-electron chi connectivity index (χ0n) is 15.5. The van der Waals surface area contributed by atoms with E-state index < -0.39 is 5.60 Å². The lowest BCUT2D eigenvalue weighted by Crippen LogP contribution is -2.63. The number of nitrogens with one attached hydrogen (secondary N) is 2. The molecular formula is C17H27N5O3. The number of guanidine groups is 1. The van der Waals surface area contributed by atoms with Crippen molar-refractivity contribution in [1.29, 1.82) is 0 Å². The van der Waals surface area contributed by atoms with Crippen LogP contribution in [0.2, 0.25) is 0 Å². The molecule has 138 valence electrons. The van der Waals surface area contributed by atoms with Gasteiger partial charge in [-0.1, -0.05) is 6.07 Å². The van der Waals surface area contributed by atoms with Crippen molar-refractivity contribution < 1.29 is 14.3 Å². The highest BCUT2D eigenvalue weighted by Crippen LogP contribution is 2.15. The summed E-state index contributed by atoms with van der Waals surface area (Å²) in [5.74, 6) is 1.24. The maximum absolute atomic E-state index is 11.9. The van der Waals surface area contributed by atoms with Gasteiger partial charge in [-0.3, -0.25) is 4.99 Å². The Hall–Kier alpha value is -2.51. The highest BCUT2D eigenvalue weighted by molar-refractivity contribution is 5.80. The summed E-state index contributed by atoms with van der Waals surface area (Å²) in [6.07, 6.45) is -0.283. The van der Waals surface area contributed by atoms with Crippen LogP contribution in [0.25, 0.3) is 0 Å². The molecule has 0 saturated carbocycles. The van der Waals surface area contributed by atoms with Crippen molar-refractivity contribution in [3.8, 4) is 5.88 Å². The summed E-state index contributed by atoms with van der Waals surface area (Å²) < 4.78 is 10.5. The van der Waals surface area contributed by atoms with E-state index in [1.54, 1.807) is 25.1 Å². The molecule has 1 saturated heterocycles. The molecule has 2 N–H and O–H groups in total. The summed E-state index contributed by atoms with van der Waals surface area (Å²) in [6, 6.07) is 5.76. The highest BCUT2D eigenvalue weighted by Gasteiger charge is 2.34. The molecule has 0 atom stereocenters. The number of ether oxygens (including phenoxy) is 2. The number of methoxy groups -OCH3 is 1. The number of likely N-dealkylation sites (tertiary alicyclic amines) is 1. The lowest BCUT2D eigenvalue weighted by atomic mass is 10.1. The van der Waals surface area contributed by atoms with Crippen LogP contribution < -0.4 is 15.4 Å². The second-order valence-corrected chi connectivity index (χ2v) is 6.82. The summed E-state index contributed by atoms with van der Waals surface area (Å²) in [7, 11) is 3.30. The first-order valence-electron chi connectivity index (χ1n) is 8.26. The molecule has 1 aromatic heterocycles. The maximum Gasteiger partial charge on any atom is 0.410 e. The molecule has 1 aliphatic rings. The van der Waals surface area contributed by atoms with Gasteiger partial charge in [-0.05, 0) is 26.8 Å². The van der Waals surface area contributed by atoms with Crippen LogP contribution in [0.3, 0.4) is 0 Å². The zero-order valence-corrected chi connectivity index (χ0v) is 15.5. The Morgan fingerprint density at radius 2 is 2.12 bits per heavy atom. The molecule has 2 heterocycles. The Balaban J connectivity index is 1.75. The van der Waals surface area contributed by atoms with Gasteiger partial charge in [0.1, 0.15) is 5.60 Å². The summed E-state index contributed by atoms with van der Waals surface area (Å²) in [4.78, 5) is 22.1. The molecule has 2 rings (SSSR count). The smallest absolute Gasteiger partial charge is 0.410 e. The molecule has 1 aromatic rings. The third-order valence-corrected chi connectivity index (χ3v) is 3.52. The summed E-state index contributed by atoms with van der Waals surface area (Å²) in [5, 5.41) is 6.48. The molecule has 0 bridgehead atoms. The Kier molecular flexibility index (Phi) is 6.06. The van der Waals surface area contributed by atoms with Gasteiger partial charge in [0.2, 0.25) is 5.88 Å². The fourth-order valence-electron chi connectivity index (χ4n) is 2.28. The van der Waals surface area contributed by atoms with Crippen LogP contribution in [-0.2, 0) is 11.3 Å². The lowest BCUT2D eigenvalue weighted by Gasteiger charge is -2.40. The van der Waals surface area contributed by atoms with Gasteiger partial charge in [0.15, 0.2) is 5.96 Å². The minimum absolute atomic E-state index is 0.150. The number of pyridine rings is 1. The van der Waals surface area contributed by atoms with Gasteiger partial charge in [0.05, 0.1) is 25.4 Å². The number of amides is 1. The second-order valence-electron chi connectivity index (χ2n) is 6.82. The average molecular weight is 349 g/mol. The predicted molar refractivity (Wildman–Crippen MR) is 95.7 cm³/mol. The number of hydrogen-bond acceptors (Lipinski definition) is 5. The number of carbonyl (C=O) groups excluding carboxylic acids is 1. The van der Waals surface area contributed by atoms with Crippen LogP contribution in [0.5, 0.6) is 5.88 Å². The van der Waals surface area contributed by atoms with Crippen molar-refractivity contribution in [2.75, 3.05) is 27.2 Å². The third kappa shape index (κ3) is 5.81. The number of nitrogens with zero attached hydrogens (tertiary/aromatic N) is 3. The van der Waals surface area contributed by atoms with Crippen molar-refractivity contribution in [2.24, 2.45) is 4.99 Å². The maximum atomic E-state index is 11.9. The van der Waals surface area contributed by atoms with Gasteiger partial charge in [0, 0.05) is 26.2 Å². The van der Waals surface area contributed by atoms with E-state index in [1.165, 1.54) is 0 Å². The number of rotatable bonds is 4. The molecule has 0 aliphatic carbocycles. The number of aliphatic imine (C=N–C) groups is 1. The fourth-order valence-corrected chi connectivity index (χ4v) is 2.28.